The van der Waals surface area contributed by atoms with Crippen LogP contribution in [-0.4, -0.2) is 17.3 Å². The minimum Gasteiger partial charge on any atom is -0.435 e. The second-order valence-electron chi connectivity index (χ2n) is 7.07. The van der Waals surface area contributed by atoms with E-state index in [9.17, 15) is 13.6 Å². The molecule has 1 N–H and O–H groups in total. The topological polar surface area (TPSA) is 38.3 Å². The van der Waals surface area contributed by atoms with E-state index in [-0.39, 0.29) is 22.3 Å². The van der Waals surface area contributed by atoms with Gasteiger partial charge in [0.15, 0.2) is 5.78 Å². The summed E-state index contributed by atoms with van der Waals surface area (Å²) in [4.78, 5) is 13.3. The molecule has 1 aliphatic heterocycles. The normalized spacial score (nSPS) is 21.7. The lowest BCUT2D eigenvalue weighted by Crippen LogP contribution is -2.38. The van der Waals surface area contributed by atoms with E-state index >= 15 is 0 Å². The monoisotopic (exact) mass is 367 g/mol. The Morgan fingerprint density at radius 3 is 2.72 bits per heavy atom. The van der Waals surface area contributed by atoms with Crippen molar-refractivity contribution in [3.8, 4) is 5.75 Å². The molecule has 0 bridgehead atoms. The van der Waals surface area contributed by atoms with Gasteiger partial charge in [-0.1, -0.05) is 31.0 Å². The van der Waals surface area contributed by atoms with Crippen molar-refractivity contribution in [3.05, 3.63) is 29.8 Å². The first-order chi connectivity index (χ1) is 11.8. The summed E-state index contributed by atoms with van der Waals surface area (Å²) in [6.45, 7) is 1.20. The van der Waals surface area contributed by atoms with Crippen molar-refractivity contribution in [2.75, 3.05) is 0 Å². The molecule has 6 heteroatoms. The largest absolute Gasteiger partial charge is 0.435 e. The smallest absolute Gasteiger partial charge is 0.387 e. The van der Waals surface area contributed by atoms with Crippen LogP contribution in [0.1, 0.15) is 51.5 Å². The second kappa shape index (κ2) is 7.36. The van der Waals surface area contributed by atoms with Crippen LogP contribution in [0.5, 0.6) is 5.75 Å². The molecule has 1 fully saturated rings. The summed E-state index contributed by atoms with van der Waals surface area (Å²) >= 11 is 1.60. The van der Waals surface area contributed by atoms with Gasteiger partial charge in [0.1, 0.15) is 5.75 Å². The summed E-state index contributed by atoms with van der Waals surface area (Å²) in [6, 6.07) is 4.90. The number of ether oxygens (including phenoxy) is 1. The van der Waals surface area contributed by atoms with Gasteiger partial charge in [0.2, 0.25) is 0 Å². The zero-order chi connectivity index (χ0) is 18.0. The third-order valence-corrected chi connectivity index (χ3v) is 5.75. The van der Waals surface area contributed by atoms with Crippen LogP contribution >= 0.6 is 11.8 Å². The highest BCUT2D eigenvalue weighted by molar-refractivity contribution is 8.00. The first-order valence-electron chi connectivity index (χ1n) is 8.66. The number of carbonyl (C=O) groups excluding carboxylic acids is 1. The van der Waals surface area contributed by atoms with E-state index in [1.54, 1.807) is 36.0 Å². The molecule has 1 aliphatic carbocycles. The van der Waals surface area contributed by atoms with Crippen LogP contribution in [0, 0.1) is 5.92 Å². The van der Waals surface area contributed by atoms with E-state index in [1.165, 1.54) is 6.42 Å². The van der Waals surface area contributed by atoms with Crippen molar-refractivity contribution >= 4 is 23.2 Å². The van der Waals surface area contributed by atoms with E-state index in [4.69, 9.17) is 0 Å². The van der Waals surface area contributed by atoms with Crippen molar-refractivity contribution in [2.45, 2.75) is 62.3 Å². The average Bonchev–Trinajstić information content (AvgIpc) is 2.55. The Labute approximate surface area is 151 Å². The Morgan fingerprint density at radius 1 is 1.32 bits per heavy atom. The van der Waals surface area contributed by atoms with Crippen molar-refractivity contribution in [2.24, 2.45) is 5.92 Å². The molecule has 0 saturated heterocycles. The maximum atomic E-state index is 12.7. The molecular weight excluding hydrogens is 344 g/mol. The molecule has 0 spiro atoms. The number of nitrogens with one attached hydrogen (secondary N) is 1. The SMILES string of the molecule is CC1(C)N/C(=C\C(=O)C2CCCCC2)c2cc(OC(F)F)ccc2S1. The van der Waals surface area contributed by atoms with Gasteiger partial charge in [-0.25, -0.2) is 0 Å². The van der Waals surface area contributed by atoms with Gasteiger partial charge in [-0.05, 0) is 44.9 Å². The van der Waals surface area contributed by atoms with E-state index < -0.39 is 6.61 Å². The zero-order valence-corrected chi connectivity index (χ0v) is 15.3. The van der Waals surface area contributed by atoms with Crippen molar-refractivity contribution in [1.29, 1.82) is 0 Å². The third kappa shape index (κ3) is 4.54. The number of allylic oxidation sites excluding steroid dienone is 1. The number of hydrogen-bond acceptors (Lipinski definition) is 4. The van der Waals surface area contributed by atoms with E-state index in [2.05, 4.69) is 10.1 Å². The average molecular weight is 367 g/mol. The molecule has 0 aromatic heterocycles. The van der Waals surface area contributed by atoms with Gasteiger partial charge in [-0.2, -0.15) is 8.78 Å². The quantitative estimate of drug-likeness (QED) is 0.742. The predicted octanol–water partition coefficient (Wildman–Crippen LogP) is 5.21. The van der Waals surface area contributed by atoms with E-state index in [0.717, 1.165) is 36.1 Å². The molecular formula is C19H23F2NO2S. The van der Waals surface area contributed by atoms with Crippen LogP contribution in [0.3, 0.4) is 0 Å². The summed E-state index contributed by atoms with van der Waals surface area (Å²) in [5, 5.41) is 3.36. The fraction of sp³-hybridized carbons (Fsp3) is 0.526. The molecule has 1 heterocycles. The predicted molar refractivity (Wildman–Crippen MR) is 95.7 cm³/mol. The number of hydrogen-bond donors (Lipinski definition) is 1. The zero-order valence-electron chi connectivity index (χ0n) is 14.5. The fourth-order valence-corrected chi connectivity index (χ4v) is 4.56. The molecule has 25 heavy (non-hydrogen) atoms. The van der Waals surface area contributed by atoms with Crippen molar-refractivity contribution in [3.63, 3.8) is 0 Å². The highest BCUT2D eigenvalue weighted by Crippen LogP contribution is 2.43. The number of alkyl halides is 2. The van der Waals surface area contributed by atoms with Gasteiger partial charge in [0, 0.05) is 28.1 Å². The van der Waals surface area contributed by atoms with Crippen LogP contribution in [0.2, 0.25) is 0 Å². The van der Waals surface area contributed by atoms with Gasteiger partial charge in [-0.3, -0.25) is 4.79 Å². The highest BCUT2D eigenvalue weighted by Gasteiger charge is 2.30. The summed E-state index contributed by atoms with van der Waals surface area (Å²) in [7, 11) is 0. The molecule has 3 rings (SSSR count). The molecule has 136 valence electrons. The number of rotatable bonds is 4. The molecule has 3 nitrogen and oxygen atoms in total. The maximum Gasteiger partial charge on any atom is 0.387 e. The van der Waals surface area contributed by atoms with Crippen LogP contribution in [0.25, 0.3) is 5.70 Å². The first-order valence-corrected chi connectivity index (χ1v) is 9.48. The van der Waals surface area contributed by atoms with Crippen LogP contribution in [-0.2, 0) is 4.79 Å². The van der Waals surface area contributed by atoms with Crippen molar-refractivity contribution < 1.29 is 18.3 Å². The molecule has 0 atom stereocenters. The molecule has 0 unspecified atom stereocenters. The fourth-order valence-electron chi connectivity index (χ4n) is 3.44. The Morgan fingerprint density at radius 2 is 2.04 bits per heavy atom. The second-order valence-corrected chi connectivity index (χ2v) is 8.73. The Kier molecular flexibility index (Phi) is 5.37. The number of carbonyl (C=O) groups is 1. The summed E-state index contributed by atoms with van der Waals surface area (Å²) in [5.74, 6) is 0.299. The molecule has 1 saturated carbocycles. The van der Waals surface area contributed by atoms with Crippen LogP contribution in [0.15, 0.2) is 29.2 Å². The van der Waals surface area contributed by atoms with Gasteiger partial charge in [0.25, 0.3) is 0 Å². The summed E-state index contributed by atoms with van der Waals surface area (Å²) in [5.41, 5.74) is 1.43. The van der Waals surface area contributed by atoms with Gasteiger partial charge < -0.3 is 10.1 Å². The Hall–Kier alpha value is -1.56. The first kappa shape index (κ1) is 18.2. The highest BCUT2D eigenvalue weighted by atomic mass is 32.2. The van der Waals surface area contributed by atoms with Gasteiger partial charge in [0.05, 0.1) is 4.87 Å². The number of ketones is 1. The van der Waals surface area contributed by atoms with Gasteiger partial charge >= 0.3 is 6.61 Å². The van der Waals surface area contributed by atoms with E-state index in [1.807, 2.05) is 13.8 Å². The lowest BCUT2D eigenvalue weighted by molar-refractivity contribution is -0.119. The van der Waals surface area contributed by atoms with Crippen LogP contribution < -0.4 is 10.1 Å². The maximum absolute atomic E-state index is 12.7. The Balaban J connectivity index is 1.92. The van der Waals surface area contributed by atoms with E-state index in [0.29, 0.717) is 5.70 Å². The number of thioether (sulfide) groups is 1. The minimum absolute atomic E-state index is 0.0738. The lowest BCUT2D eigenvalue weighted by Gasteiger charge is -2.35. The number of fused-ring (bicyclic) bond motifs is 1. The minimum atomic E-state index is -2.87. The standard InChI is InChI=1S/C19H23F2NO2S/c1-19(2)22-15(11-16(23)12-6-4-3-5-7-12)14-10-13(24-18(20)21)8-9-17(14)25-19/h8-12,18,22H,3-7H2,1-2H3/b15-11-. The third-order valence-electron chi connectivity index (χ3n) is 4.56. The summed E-state index contributed by atoms with van der Waals surface area (Å²) in [6.07, 6.45) is 6.90. The molecule has 2 aliphatic rings. The summed E-state index contributed by atoms with van der Waals surface area (Å²) < 4.78 is 29.5. The van der Waals surface area contributed by atoms with Gasteiger partial charge in [-0.15, -0.1) is 0 Å². The number of benzene rings is 1. The Bertz CT molecular complexity index is 682. The van der Waals surface area contributed by atoms with Crippen LogP contribution in [0.4, 0.5) is 8.78 Å². The van der Waals surface area contributed by atoms with Crippen molar-refractivity contribution in [1.82, 2.24) is 5.32 Å². The number of halogens is 2. The molecule has 1 aromatic carbocycles. The molecule has 1 aromatic rings. The molecule has 0 amide bonds. The molecule has 0 radical (unpaired) electrons. The lowest BCUT2D eigenvalue weighted by atomic mass is 9.85.